The summed E-state index contributed by atoms with van der Waals surface area (Å²) in [6, 6.07) is 16.2. The maximum absolute atomic E-state index is 13.0. The number of ether oxygens (including phenoxy) is 5. The molecule has 31 heavy (non-hydrogen) atoms. The van der Waals surface area contributed by atoms with Crippen LogP contribution in [0.3, 0.4) is 0 Å². The maximum atomic E-state index is 13.0. The first-order chi connectivity index (χ1) is 15.0. The highest BCUT2D eigenvalue weighted by molar-refractivity contribution is 6.07. The molecule has 3 aromatic rings. The zero-order valence-corrected chi connectivity index (χ0v) is 18.1. The van der Waals surface area contributed by atoms with Gasteiger partial charge in [0, 0.05) is 23.4 Å². The number of carbonyl (C=O) groups excluding carboxylic acids is 1. The molecule has 0 atom stereocenters. The van der Waals surface area contributed by atoms with E-state index < -0.39 is 0 Å². The van der Waals surface area contributed by atoms with Gasteiger partial charge >= 0.3 is 0 Å². The van der Waals surface area contributed by atoms with Gasteiger partial charge in [0.25, 0.3) is 5.91 Å². The van der Waals surface area contributed by atoms with Crippen LogP contribution in [0, 0.1) is 0 Å². The highest BCUT2D eigenvalue weighted by Gasteiger charge is 2.18. The Morgan fingerprint density at radius 2 is 1.26 bits per heavy atom. The quantitative estimate of drug-likeness (QED) is 0.569. The number of nitrogens with one attached hydrogen (secondary N) is 1. The van der Waals surface area contributed by atoms with E-state index in [-0.39, 0.29) is 5.91 Å². The number of rotatable bonds is 8. The van der Waals surface area contributed by atoms with E-state index in [1.54, 1.807) is 38.5 Å². The zero-order valence-electron chi connectivity index (χ0n) is 18.1. The predicted molar refractivity (Wildman–Crippen MR) is 119 cm³/mol. The molecule has 1 N–H and O–H groups in total. The van der Waals surface area contributed by atoms with Crippen molar-refractivity contribution in [3.8, 4) is 39.9 Å². The molecule has 3 aromatic carbocycles. The topological polar surface area (TPSA) is 75.3 Å². The first-order valence-electron chi connectivity index (χ1n) is 9.48. The van der Waals surface area contributed by atoms with Crippen molar-refractivity contribution in [1.82, 2.24) is 0 Å². The SMILES string of the molecule is COc1ccc(-c2cc(NC(=O)c3cc(OC)c(OC)cc3OC)ccc2OC)cc1. The number of hydrogen-bond donors (Lipinski definition) is 1. The van der Waals surface area contributed by atoms with E-state index in [1.165, 1.54) is 21.3 Å². The van der Waals surface area contributed by atoms with Gasteiger partial charge in [0.05, 0.1) is 41.1 Å². The molecule has 162 valence electrons. The molecule has 0 aliphatic rings. The Bertz CT molecular complexity index is 1060. The lowest BCUT2D eigenvalue weighted by Gasteiger charge is -2.15. The molecule has 0 saturated heterocycles. The Labute approximate surface area is 181 Å². The summed E-state index contributed by atoms with van der Waals surface area (Å²) in [5, 5.41) is 2.91. The Morgan fingerprint density at radius 3 is 1.84 bits per heavy atom. The van der Waals surface area contributed by atoms with Crippen molar-refractivity contribution < 1.29 is 28.5 Å². The van der Waals surface area contributed by atoms with Gasteiger partial charge < -0.3 is 29.0 Å². The second-order valence-electron chi connectivity index (χ2n) is 6.51. The number of methoxy groups -OCH3 is 5. The van der Waals surface area contributed by atoms with Crippen LogP contribution in [-0.4, -0.2) is 41.5 Å². The number of benzene rings is 3. The third kappa shape index (κ3) is 4.66. The molecule has 0 heterocycles. The highest BCUT2D eigenvalue weighted by Crippen LogP contribution is 2.36. The number of carbonyl (C=O) groups is 1. The van der Waals surface area contributed by atoms with Gasteiger partial charge in [-0.1, -0.05) is 12.1 Å². The van der Waals surface area contributed by atoms with Crippen LogP contribution in [-0.2, 0) is 0 Å². The maximum Gasteiger partial charge on any atom is 0.259 e. The van der Waals surface area contributed by atoms with Crippen molar-refractivity contribution in [2.75, 3.05) is 40.9 Å². The smallest absolute Gasteiger partial charge is 0.259 e. The Hall–Kier alpha value is -3.87. The summed E-state index contributed by atoms with van der Waals surface area (Å²) in [6.07, 6.45) is 0. The first kappa shape index (κ1) is 21.8. The van der Waals surface area contributed by atoms with E-state index in [9.17, 15) is 4.79 Å². The largest absolute Gasteiger partial charge is 0.497 e. The molecule has 7 heteroatoms. The Morgan fingerprint density at radius 1 is 0.645 bits per heavy atom. The van der Waals surface area contributed by atoms with E-state index in [2.05, 4.69) is 5.32 Å². The first-order valence-corrected chi connectivity index (χ1v) is 9.48. The van der Waals surface area contributed by atoms with Gasteiger partial charge in [0.15, 0.2) is 11.5 Å². The molecule has 0 unspecified atom stereocenters. The van der Waals surface area contributed by atoms with Crippen molar-refractivity contribution in [3.05, 3.63) is 60.2 Å². The van der Waals surface area contributed by atoms with Gasteiger partial charge in [0.1, 0.15) is 17.2 Å². The minimum atomic E-state index is -0.344. The van der Waals surface area contributed by atoms with Crippen LogP contribution >= 0.6 is 0 Å². The molecule has 0 radical (unpaired) electrons. The molecule has 0 bridgehead atoms. The second kappa shape index (κ2) is 9.75. The van der Waals surface area contributed by atoms with E-state index in [0.717, 1.165) is 16.9 Å². The van der Waals surface area contributed by atoms with Crippen molar-refractivity contribution >= 4 is 11.6 Å². The van der Waals surface area contributed by atoms with Crippen molar-refractivity contribution in [2.24, 2.45) is 0 Å². The molecule has 3 rings (SSSR count). The average Bonchev–Trinajstić information content (AvgIpc) is 2.82. The standard InChI is InChI=1S/C24H25NO6/c1-27-17-9-6-15(7-10-17)18-12-16(8-11-20(18)28-2)25-24(26)19-13-22(30-4)23(31-5)14-21(19)29-3/h6-14H,1-5H3,(H,25,26). The monoisotopic (exact) mass is 423 g/mol. The van der Waals surface area contributed by atoms with Gasteiger partial charge in [-0.3, -0.25) is 4.79 Å². The van der Waals surface area contributed by atoms with Gasteiger partial charge in [-0.25, -0.2) is 0 Å². The van der Waals surface area contributed by atoms with Gasteiger partial charge in [-0.2, -0.15) is 0 Å². The molecule has 0 aromatic heterocycles. The van der Waals surface area contributed by atoms with Gasteiger partial charge in [0.2, 0.25) is 0 Å². The molecule has 0 aliphatic heterocycles. The molecule has 0 spiro atoms. The Kier molecular flexibility index (Phi) is 6.87. The fourth-order valence-electron chi connectivity index (χ4n) is 3.19. The fraction of sp³-hybridized carbons (Fsp3) is 0.208. The van der Waals surface area contributed by atoms with Crippen LogP contribution < -0.4 is 29.0 Å². The summed E-state index contributed by atoms with van der Waals surface area (Å²) in [5.74, 6) is 2.38. The van der Waals surface area contributed by atoms with Crippen LogP contribution in [0.15, 0.2) is 54.6 Å². The molecule has 0 fully saturated rings. The third-order valence-electron chi connectivity index (χ3n) is 4.81. The van der Waals surface area contributed by atoms with Crippen LogP contribution in [0.5, 0.6) is 28.7 Å². The second-order valence-corrected chi connectivity index (χ2v) is 6.51. The number of hydrogen-bond acceptors (Lipinski definition) is 6. The van der Waals surface area contributed by atoms with E-state index >= 15 is 0 Å². The summed E-state index contributed by atoms with van der Waals surface area (Å²) < 4.78 is 26.7. The van der Waals surface area contributed by atoms with Crippen molar-refractivity contribution in [3.63, 3.8) is 0 Å². The summed E-state index contributed by atoms with van der Waals surface area (Å²) in [4.78, 5) is 13.0. The molecule has 0 saturated carbocycles. The minimum Gasteiger partial charge on any atom is -0.497 e. The normalized spacial score (nSPS) is 10.2. The summed E-state index contributed by atoms with van der Waals surface area (Å²) >= 11 is 0. The average molecular weight is 423 g/mol. The summed E-state index contributed by atoms with van der Waals surface area (Å²) in [7, 11) is 7.75. The molecule has 0 aliphatic carbocycles. The summed E-state index contributed by atoms with van der Waals surface area (Å²) in [5.41, 5.74) is 2.69. The van der Waals surface area contributed by atoms with Crippen LogP contribution in [0.4, 0.5) is 5.69 Å². The Balaban J connectivity index is 1.95. The highest BCUT2D eigenvalue weighted by atomic mass is 16.5. The lowest BCUT2D eigenvalue weighted by molar-refractivity contribution is 0.102. The van der Waals surface area contributed by atoms with Crippen LogP contribution in [0.1, 0.15) is 10.4 Å². The summed E-state index contributed by atoms with van der Waals surface area (Å²) in [6.45, 7) is 0. The third-order valence-corrected chi connectivity index (χ3v) is 4.81. The minimum absolute atomic E-state index is 0.321. The molecule has 7 nitrogen and oxygen atoms in total. The van der Waals surface area contributed by atoms with E-state index in [4.69, 9.17) is 23.7 Å². The van der Waals surface area contributed by atoms with Crippen molar-refractivity contribution in [1.29, 1.82) is 0 Å². The van der Waals surface area contributed by atoms with Gasteiger partial charge in [-0.15, -0.1) is 0 Å². The number of anilines is 1. The lowest BCUT2D eigenvalue weighted by Crippen LogP contribution is -2.14. The predicted octanol–water partition coefficient (Wildman–Crippen LogP) is 4.65. The van der Waals surface area contributed by atoms with Gasteiger partial charge in [-0.05, 0) is 35.9 Å². The zero-order chi connectivity index (χ0) is 22.4. The molecular weight excluding hydrogens is 398 g/mol. The molecular formula is C24H25NO6. The van der Waals surface area contributed by atoms with E-state index in [1.807, 2.05) is 30.3 Å². The lowest BCUT2D eigenvalue weighted by atomic mass is 10.0. The van der Waals surface area contributed by atoms with Crippen LogP contribution in [0.2, 0.25) is 0 Å². The fourth-order valence-corrected chi connectivity index (χ4v) is 3.19. The molecule has 1 amide bonds. The van der Waals surface area contributed by atoms with Crippen molar-refractivity contribution in [2.45, 2.75) is 0 Å². The number of amides is 1. The van der Waals surface area contributed by atoms with E-state index in [0.29, 0.717) is 34.2 Å². The van der Waals surface area contributed by atoms with Crippen LogP contribution in [0.25, 0.3) is 11.1 Å².